The molecule has 4 aliphatic carbocycles. The molecule has 5 aliphatic rings. The number of fused-ring (bicyclic) bond motifs is 6. The van der Waals surface area contributed by atoms with Crippen LogP contribution in [0.5, 0.6) is 0 Å². The molecular weight excluding hydrogens is 320 g/mol. The van der Waals surface area contributed by atoms with Crippen LogP contribution in [0.1, 0.15) is 46.0 Å². The van der Waals surface area contributed by atoms with E-state index in [0.29, 0.717) is 35.4 Å². The fourth-order valence-corrected chi connectivity index (χ4v) is 7.40. The number of hydrogen-bond donors (Lipinski definition) is 0. The van der Waals surface area contributed by atoms with E-state index in [1.165, 1.54) is 24.0 Å². The minimum Gasteiger partial charge on any atom is -0.362 e. The Kier molecular flexibility index (Phi) is 3.57. The van der Waals surface area contributed by atoms with Gasteiger partial charge >= 0.3 is 0 Å². The molecule has 0 bridgehead atoms. The smallest absolute Gasteiger partial charge is 0.155 e. The van der Waals surface area contributed by atoms with Crippen molar-refractivity contribution < 1.29 is 9.53 Å². The monoisotopic (exact) mass is 350 g/mol. The summed E-state index contributed by atoms with van der Waals surface area (Å²) in [7, 11) is 0. The molecule has 2 fully saturated rings. The van der Waals surface area contributed by atoms with E-state index in [1.54, 1.807) is 0 Å². The molecule has 0 saturated heterocycles. The number of carbonyl (C=O) groups is 1. The van der Waals surface area contributed by atoms with Crippen molar-refractivity contribution in [2.75, 3.05) is 6.61 Å². The van der Waals surface area contributed by atoms with Crippen LogP contribution in [0.4, 0.5) is 0 Å². The van der Waals surface area contributed by atoms with E-state index in [0.717, 1.165) is 25.9 Å². The average Bonchev–Trinajstić information content (AvgIpc) is 3.21. The van der Waals surface area contributed by atoms with Crippen LogP contribution in [0.3, 0.4) is 0 Å². The van der Waals surface area contributed by atoms with Crippen LogP contribution in [0.15, 0.2) is 48.1 Å². The number of hydrogen-bond acceptors (Lipinski definition) is 2. The Morgan fingerprint density at radius 2 is 2.19 bits per heavy atom. The van der Waals surface area contributed by atoms with Gasteiger partial charge in [0.25, 0.3) is 0 Å². The van der Waals surface area contributed by atoms with E-state index in [1.807, 2.05) is 6.08 Å². The molecule has 26 heavy (non-hydrogen) atoms. The second-order valence-electron chi connectivity index (χ2n) is 9.46. The first-order chi connectivity index (χ1) is 12.5. The molecule has 2 nitrogen and oxygen atoms in total. The van der Waals surface area contributed by atoms with Gasteiger partial charge in [-0.25, -0.2) is 0 Å². The maximum Gasteiger partial charge on any atom is 0.155 e. The molecule has 7 atom stereocenters. The molecule has 0 amide bonds. The molecule has 0 N–H and O–H groups in total. The largest absolute Gasteiger partial charge is 0.362 e. The Bertz CT molecular complexity index is 756. The summed E-state index contributed by atoms with van der Waals surface area (Å²) in [6.07, 6.45) is 16.5. The molecule has 1 aliphatic heterocycles. The van der Waals surface area contributed by atoms with Crippen molar-refractivity contribution in [1.82, 2.24) is 0 Å². The van der Waals surface area contributed by atoms with E-state index >= 15 is 0 Å². The topological polar surface area (TPSA) is 26.3 Å². The summed E-state index contributed by atoms with van der Waals surface area (Å²) in [6, 6.07) is 0. The number of ketones is 1. The molecule has 0 aromatic rings. The highest BCUT2D eigenvalue weighted by molar-refractivity contribution is 5.91. The summed E-state index contributed by atoms with van der Waals surface area (Å²) in [5.41, 5.74) is 2.79. The van der Waals surface area contributed by atoms with Crippen LogP contribution >= 0.6 is 0 Å². The van der Waals surface area contributed by atoms with Crippen molar-refractivity contribution in [3.8, 4) is 0 Å². The molecule has 0 radical (unpaired) electrons. The van der Waals surface area contributed by atoms with Crippen molar-refractivity contribution in [3.63, 3.8) is 0 Å². The van der Waals surface area contributed by atoms with Crippen LogP contribution in [0.25, 0.3) is 0 Å². The highest BCUT2D eigenvalue weighted by atomic mass is 16.5. The molecule has 138 valence electrons. The van der Waals surface area contributed by atoms with E-state index in [-0.39, 0.29) is 11.0 Å². The third kappa shape index (κ3) is 1.94. The maximum atomic E-state index is 12.0. The van der Waals surface area contributed by atoms with Crippen LogP contribution in [0, 0.1) is 35.0 Å². The molecule has 0 aromatic heterocycles. The quantitative estimate of drug-likeness (QED) is 0.620. The highest BCUT2D eigenvalue weighted by Gasteiger charge is 2.64. The SMILES string of the molecule is C=CC1CC2=CC(=O)CCC2C2CC[C@@]3(C)C(C=C(C)[C@@]34C=CCO4)C12. The first kappa shape index (κ1) is 16.7. The first-order valence-electron chi connectivity index (χ1n) is 10.4. The zero-order chi connectivity index (χ0) is 18.1. The van der Waals surface area contributed by atoms with Gasteiger partial charge in [0.15, 0.2) is 5.78 Å². The van der Waals surface area contributed by atoms with Crippen LogP contribution in [-0.2, 0) is 9.53 Å². The molecular formula is C24H30O2. The number of rotatable bonds is 1. The number of carbonyl (C=O) groups excluding carboxylic acids is 1. The fraction of sp³-hybridized carbons (Fsp3) is 0.625. The normalized spacial score (nSPS) is 49.3. The summed E-state index contributed by atoms with van der Waals surface area (Å²) in [6.45, 7) is 9.67. The summed E-state index contributed by atoms with van der Waals surface area (Å²) in [5, 5.41) is 0. The molecule has 1 heterocycles. The zero-order valence-electron chi connectivity index (χ0n) is 16.0. The second-order valence-corrected chi connectivity index (χ2v) is 9.46. The Balaban J connectivity index is 1.57. The van der Waals surface area contributed by atoms with E-state index in [2.05, 4.69) is 44.7 Å². The Labute approximate surface area is 157 Å². The van der Waals surface area contributed by atoms with Crippen molar-refractivity contribution in [3.05, 3.63) is 48.1 Å². The standard InChI is InChI=1S/C24H30O2/c1-4-16-13-17-14-18(25)6-7-19(17)20-8-10-23(3)21(22(16)20)12-15(2)24(23)9-5-11-26-24/h4-5,9,12,14,16,19-22H,1,6-8,10-11,13H2,2-3H3/t16?,19?,20?,21?,22?,23-,24-/m0/s1. The Morgan fingerprint density at radius 3 is 2.92 bits per heavy atom. The van der Waals surface area contributed by atoms with Gasteiger partial charge < -0.3 is 4.74 Å². The number of ether oxygens (including phenoxy) is 1. The summed E-state index contributed by atoms with van der Waals surface area (Å²) in [5.74, 6) is 3.29. The molecule has 5 rings (SSSR count). The van der Waals surface area contributed by atoms with Crippen molar-refractivity contribution >= 4 is 5.78 Å². The van der Waals surface area contributed by atoms with Crippen LogP contribution in [-0.4, -0.2) is 18.0 Å². The van der Waals surface area contributed by atoms with E-state index in [9.17, 15) is 4.79 Å². The van der Waals surface area contributed by atoms with Gasteiger partial charge in [-0.1, -0.05) is 30.7 Å². The lowest BCUT2D eigenvalue weighted by Crippen LogP contribution is -2.55. The van der Waals surface area contributed by atoms with E-state index < -0.39 is 0 Å². The van der Waals surface area contributed by atoms with Crippen molar-refractivity contribution in [2.24, 2.45) is 35.0 Å². The lowest BCUT2D eigenvalue weighted by molar-refractivity contribution is -0.118. The Hall–Kier alpha value is -1.41. The third-order valence-corrected chi connectivity index (χ3v) is 8.58. The molecule has 2 heteroatoms. The first-order valence-corrected chi connectivity index (χ1v) is 10.4. The lowest BCUT2D eigenvalue weighted by atomic mass is 9.47. The molecule has 1 spiro atoms. The van der Waals surface area contributed by atoms with Gasteiger partial charge in [0.05, 0.1) is 6.61 Å². The molecule has 5 unspecified atom stereocenters. The zero-order valence-corrected chi connectivity index (χ0v) is 16.0. The Morgan fingerprint density at radius 1 is 1.35 bits per heavy atom. The summed E-state index contributed by atoms with van der Waals surface area (Å²) < 4.78 is 6.39. The highest BCUT2D eigenvalue weighted by Crippen LogP contribution is 2.67. The van der Waals surface area contributed by atoms with Crippen molar-refractivity contribution in [1.29, 1.82) is 0 Å². The summed E-state index contributed by atoms with van der Waals surface area (Å²) in [4.78, 5) is 12.0. The third-order valence-electron chi connectivity index (χ3n) is 8.58. The second kappa shape index (κ2) is 5.55. The predicted molar refractivity (Wildman–Crippen MR) is 104 cm³/mol. The van der Waals surface area contributed by atoms with Crippen molar-refractivity contribution in [2.45, 2.75) is 51.6 Å². The van der Waals surface area contributed by atoms with Gasteiger partial charge in [0.2, 0.25) is 0 Å². The fourth-order valence-electron chi connectivity index (χ4n) is 7.40. The average molecular weight is 351 g/mol. The van der Waals surface area contributed by atoms with Gasteiger partial charge in [-0.15, -0.1) is 6.58 Å². The minimum atomic E-state index is -0.187. The maximum absolute atomic E-state index is 12.0. The predicted octanol–water partition coefficient (Wildman–Crippen LogP) is 5.03. The molecule has 0 aromatic carbocycles. The van der Waals surface area contributed by atoms with Gasteiger partial charge in [0.1, 0.15) is 5.60 Å². The van der Waals surface area contributed by atoms with Gasteiger partial charge in [0, 0.05) is 11.8 Å². The lowest BCUT2D eigenvalue weighted by Gasteiger charge is -2.57. The van der Waals surface area contributed by atoms with Crippen LogP contribution in [0.2, 0.25) is 0 Å². The van der Waals surface area contributed by atoms with Gasteiger partial charge in [-0.3, -0.25) is 4.79 Å². The number of allylic oxidation sites excluding steroid dienone is 4. The molecule has 2 saturated carbocycles. The summed E-state index contributed by atoms with van der Waals surface area (Å²) >= 11 is 0. The minimum absolute atomic E-state index is 0.151. The van der Waals surface area contributed by atoms with E-state index in [4.69, 9.17) is 4.74 Å². The van der Waals surface area contributed by atoms with Gasteiger partial charge in [-0.05, 0) is 79.9 Å². The van der Waals surface area contributed by atoms with Gasteiger partial charge in [-0.2, -0.15) is 0 Å². The van der Waals surface area contributed by atoms with Crippen LogP contribution < -0.4 is 0 Å².